The number of thiazole rings is 1. The SMILES string of the molecule is Cc1ncsc1-c1ccc([C@H](C)NC(=O)[C@@H]2C[C@@H](O)CN2C(=O)C(NC(=O)CCCn2cc(-c3ccc4c(c3)-n3c(nc(=O)c5c(Cl)cccc53)C4(C)C)cn2)C(C)(C)C)cc1. The van der Waals surface area contributed by atoms with Crippen molar-refractivity contribution in [2.75, 3.05) is 6.54 Å². The van der Waals surface area contributed by atoms with Gasteiger partial charge in [-0.1, -0.05) is 74.8 Å². The quantitative estimate of drug-likeness (QED) is 0.124. The van der Waals surface area contributed by atoms with E-state index in [4.69, 9.17) is 11.6 Å². The topological polar surface area (TPSA) is 164 Å². The number of amides is 3. The Morgan fingerprint density at radius 3 is 2.48 bits per heavy atom. The number of fused-ring (bicyclic) bond motifs is 5. The van der Waals surface area contributed by atoms with E-state index in [1.807, 2.05) is 93.4 Å². The fourth-order valence-corrected chi connectivity index (χ4v) is 9.78. The van der Waals surface area contributed by atoms with Crippen LogP contribution in [-0.4, -0.2) is 76.8 Å². The van der Waals surface area contributed by atoms with E-state index in [9.17, 15) is 24.3 Å². The molecule has 3 aromatic heterocycles. The first-order chi connectivity index (χ1) is 29.4. The highest BCUT2D eigenvalue weighted by Crippen LogP contribution is 2.44. The number of benzene rings is 3. The van der Waals surface area contributed by atoms with Crippen molar-refractivity contribution in [3.8, 4) is 27.3 Å². The molecule has 62 heavy (non-hydrogen) atoms. The largest absolute Gasteiger partial charge is 0.391 e. The molecule has 3 aromatic carbocycles. The molecule has 0 radical (unpaired) electrons. The lowest BCUT2D eigenvalue weighted by Crippen LogP contribution is -2.57. The molecule has 3 amide bonds. The standard InChI is InChI=1S/C47H51ClN8O5S/c1-26(28-13-15-29(16-14-28)40-27(2)49-25-62-40)51-42(59)37-21-32(57)24-55(37)44(61)41(46(3,4)5)52-38(58)12-9-19-54-23-31(22-50-54)30-17-18-33-36(20-30)56-35-11-8-10-34(48)39(35)43(60)53-45(56)47(33,6)7/h8,10-11,13-18,20,22-23,25-26,32,37,41,57H,9,12,19,21,24H2,1-7H3,(H,51,59)(H,52,58)/t26-,32+,37-,41?/m0/s1. The van der Waals surface area contributed by atoms with E-state index in [1.165, 1.54) is 4.90 Å². The Labute approximate surface area is 369 Å². The normalized spacial score (nSPS) is 17.7. The number of nitrogens with zero attached hydrogens (tertiary/aromatic N) is 6. The van der Waals surface area contributed by atoms with Gasteiger partial charge in [-0.15, -0.1) is 11.3 Å². The molecular formula is C47H51ClN8O5S. The van der Waals surface area contributed by atoms with Crippen molar-refractivity contribution in [1.29, 1.82) is 0 Å². The van der Waals surface area contributed by atoms with Crippen LogP contribution in [-0.2, 0) is 26.3 Å². The molecule has 3 N–H and O–H groups in total. The minimum Gasteiger partial charge on any atom is -0.391 e. The van der Waals surface area contributed by atoms with Gasteiger partial charge in [-0.25, -0.2) is 4.98 Å². The lowest BCUT2D eigenvalue weighted by atomic mass is 9.85. The number of aryl methyl sites for hydroxylation is 2. The van der Waals surface area contributed by atoms with Crippen molar-refractivity contribution in [1.82, 2.24) is 39.8 Å². The van der Waals surface area contributed by atoms with Crippen molar-refractivity contribution < 1.29 is 19.5 Å². The van der Waals surface area contributed by atoms with Gasteiger partial charge in [0.05, 0.1) is 61.5 Å². The van der Waals surface area contributed by atoms with E-state index < -0.39 is 34.9 Å². The summed E-state index contributed by atoms with van der Waals surface area (Å²) in [6.07, 6.45) is 3.56. The number of carbonyl (C=O) groups is 3. The first-order valence-corrected chi connectivity index (χ1v) is 22.2. The third-order valence-corrected chi connectivity index (χ3v) is 13.4. The molecule has 1 saturated heterocycles. The number of aliphatic hydroxyl groups is 1. The molecule has 4 atom stereocenters. The average Bonchev–Trinajstić information content (AvgIpc) is 4.02. The monoisotopic (exact) mass is 874 g/mol. The minimum atomic E-state index is -0.927. The number of β-amino-alcohol motifs (C(OH)–C–C–N with tert-alkyl or cyclic N) is 1. The van der Waals surface area contributed by atoms with Crippen LogP contribution in [0.1, 0.15) is 89.5 Å². The molecule has 2 aliphatic rings. The van der Waals surface area contributed by atoms with Crippen molar-refractivity contribution in [2.45, 2.75) is 104 Å². The predicted octanol–water partition coefficient (Wildman–Crippen LogP) is 7.12. The molecular weight excluding hydrogens is 824 g/mol. The van der Waals surface area contributed by atoms with Crippen molar-refractivity contribution in [3.63, 3.8) is 0 Å². The maximum absolute atomic E-state index is 14.2. The summed E-state index contributed by atoms with van der Waals surface area (Å²) in [6, 6.07) is 17.4. The molecule has 0 saturated carbocycles. The van der Waals surface area contributed by atoms with Crippen molar-refractivity contribution >= 4 is 51.6 Å². The molecule has 15 heteroatoms. The van der Waals surface area contributed by atoms with Gasteiger partial charge in [0.1, 0.15) is 17.9 Å². The number of nitrogens with one attached hydrogen (secondary N) is 2. The first-order valence-electron chi connectivity index (χ1n) is 20.9. The van der Waals surface area contributed by atoms with Gasteiger partial charge in [0.25, 0.3) is 5.56 Å². The molecule has 8 rings (SSSR count). The van der Waals surface area contributed by atoms with E-state index in [-0.39, 0.29) is 42.8 Å². The molecule has 322 valence electrons. The summed E-state index contributed by atoms with van der Waals surface area (Å²) < 4.78 is 3.81. The molecule has 2 aliphatic heterocycles. The Hall–Kier alpha value is -5.70. The summed E-state index contributed by atoms with van der Waals surface area (Å²) in [6.45, 7) is 14.0. The van der Waals surface area contributed by atoms with E-state index >= 15 is 0 Å². The highest BCUT2D eigenvalue weighted by molar-refractivity contribution is 7.13. The fourth-order valence-electron chi connectivity index (χ4n) is 8.72. The van der Waals surface area contributed by atoms with Crippen molar-refractivity contribution in [3.05, 3.63) is 117 Å². The Kier molecular flexibility index (Phi) is 11.5. The summed E-state index contributed by atoms with van der Waals surface area (Å²) in [5, 5.41) is 22.0. The van der Waals surface area contributed by atoms with Crippen molar-refractivity contribution in [2.24, 2.45) is 5.41 Å². The van der Waals surface area contributed by atoms with E-state index in [1.54, 1.807) is 28.3 Å². The number of rotatable bonds is 11. The molecule has 13 nitrogen and oxygen atoms in total. The molecule has 1 fully saturated rings. The van der Waals surface area contributed by atoms with Gasteiger partial charge in [-0.2, -0.15) is 10.1 Å². The lowest BCUT2D eigenvalue weighted by molar-refractivity contribution is -0.144. The van der Waals surface area contributed by atoms with Gasteiger partial charge in [0, 0.05) is 37.7 Å². The Bertz CT molecular complexity index is 2770. The highest BCUT2D eigenvalue weighted by Gasteiger charge is 2.45. The van der Waals surface area contributed by atoms with Gasteiger partial charge in [0.2, 0.25) is 17.7 Å². The zero-order chi connectivity index (χ0) is 44.2. The lowest BCUT2D eigenvalue weighted by Gasteiger charge is -2.35. The Morgan fingerprint density at radius 2 is 1.77 bits per heavy atom. The predicted molar refractivity (Wildman–Crippen MR) is 241 cm³/mol. The summed E-state index contributed by atoms with van der Waals surface area (Å²) >= 11 is 8.05. The van der Waals surface area contributed by atoms with Gasteiger partial charge in [-0.3, -0.25) is 28.4 Å². The van der Waals surface area contributed by atoms with Crippen LogP contribution in [0, 0.1) is 12.3 Å². The molecule has 1 unspecified atom stereocenters. The molecule has 5 heterocycles. The molecule has 0 bridgehead atoms. The Balaban J connectivity index is 0.899. The zero-order valence-electron chi connectivity index (χ0n) is 35.9. The zero-order valence-corrected chi connectivity index (χ0v) is 37.5. The summed E-state index contributed by atoms with van der Waals surface area (Å²) in [5.74, 6) is -0.405. The Morgan fingerprint density at radius 1 is 1.03 bits per heavy atom. The van der Waals surface area contributed by atoms with E-state index in [0.29, 0.717) is 34.7 Å². The van der Waals surface area contributed by atoms with E-state index in [0.717, 1.165) is 44.1 Å². The summed E-state index contributed by atoms with van der Waals surface area (Å²) in [4.78, 5) is 65.8. The fraction of sp³-hybridized carbons (Fsp3) is 0.383. The van der Waals surface area contributed by atoms with Crippen LogP contribution in [0.5, 0.6) is 0 Å². The second kappa shape index (κ2) is 16.5. The molecule has 0 spiro atoms. The van der Waals surface area contributed by atoms with Crippen LogP contribution in [0.2, 0.25) is 5.02 Å². The smallest absolute Gasteiger partial charge is 0.282 e. The summed E-state index contributed by atoms with van der Waals surface area (Å²) in [5.41, 5.74) is 7.69. The van der Waals surface area contributed by atoms with Gasteiger partial charge in [-0.05, 0) is 80.0 Å². The summed E-state index contributed by atoms with van der Waals surface area (Å²) in [7, 11) is 0. The van der Waals surface area contributed by atoms with E-state index in [2.05, 4.69) is 51.7 Å². The number of aromatic nitrogens is 5. The number of halogens is 1. The maximum atomic E-state index is 14.2. The van der Waals surface area contributed by atoms with Crippen LogP contribution in [0.15, 0.2) is 83.4 Å². The third kappa shape index (κ3) is 8.07. The number of likely N-dealkylation sites (tertiary alicyclic amines) is 1. The van der Waals surface area contributed by atoms with Crippen LogP contribution in [0.3, 0.4) is 0 Å². The second-order valence-corrected chi connectivity index (χ2v) is 19.3. The maximum Gasteiger partial charge on any atom is 0.282 e. The molecule has 6 aromatic rings. The van der Waals surface area contributed by atoms with Crippen LogP contribution in [0.4, 0.5) is 0 Å². The number of carbonyl (C=O) groups excluding carboxylic acids is 3. The van der Waals surface area contributed by atoms with Crippen LogP contribution >= 0.6 is 22.9 Å². The first kappa shape index (κ1) is 43.0. The number of aliphatic hydroxyl groups excluding tert-OH is 1. The van der Waals surface area contributed by atoms with Gasteiger partial charge >= 0.3 is 0 Å². The molecule has 0 aliphatic carbocycles. The average molecular weight is 875 g/mol. The van der Waals surface area contributed by atoms with Gasteiger partial charge in [0.15, 0.2) is 0 Å². The number of hydrogen-bond donors (Lipinski definition) is 3. The minimum absolute atomic E-state index is 0.00559. The second-order valence-electron chi connectivity index (χ2n) is 18.0. The van der Waals surface area contributed by atoms with Gasteiger partial charge < -0.3 is 20.6 Å². The highest BCUT2D eigenvalue weighted by atomic mass is 35.5. The van der Waals surface area contributed by atoms with Crippen LogP contribution < -0.4 is 16.2 Å². The number of hydrogen-bond acceptors (Lipinski definition) is 9. The van der Waals surface area contributed by atoms with Crippen LogP contribution in [0.25, 0.3) is 38.2 Å². The third-order valence-electron chi connectivity index (χ3n) is 12.2.